The number of aromatic nitrogens is 1. The molecule has 2 atom stereocenters. The summed E-state index contributed by atoms with van der Waals surface area (Å²) in [4.78, 5) is 19.9. The number of hydrogen-bond donors (Lipinski definition) is 2. The number of amides is 2. The number of likely N-dealkylation sites (tertiary alicyclic amines) is 1. The zero-order chi connectivity index (χ0) is 21.8. The van der Waals surface area contributed by atoms with Crippen LogP contribution in [0.25, 0.3) is 10.9 Å². The van der Waals surface area contributed by atoms with Gasteiger partial charge in [0.1, 0.15) is 0 Å². The van der Waals surface area contributed by atoms with Gasteiger partial charge in [-0.25, -0.2) is 4.79 Å². The van der Waals surface area contributed by atoms with Crippen LogP contribution in [0.3, 0.4) is 0 Å². The van der Waals surface area contributed by atoms with Gasteiger partial charge in [-0.2, -0.15) is 0 Å². The maximum atomic E-state index is 12.9. The molecule has 31 heavy (non-hydrogen) atoms. The van der Waals surface area contributed by atoms with Crippen molar-refractivity contribution >= 4 is 22.6 Å². The first-order valence-electron chi connectivity index (χ1n) is 10.8. The van der Waals surface area contributed by atoms with Crippen molar-refractivity contribution in [3.63, 3.8) is 0 Å². The number of hydrogen-bond acceptors (Lipinski definition) is 4. The van der Waals surface area contributed by atoms with Crippen LogP contribution in [0.4, 0.5) is 10.5 Å². The van der Waals surface area contributed by atoms with Gasteiger partial charge in [-0.15, -0.1) is 0 Å². The van der Waals surface area contributed by atoms with E-state index in [1.165, 1.54) is 11.1 Å². The molecule has 4 rings (SSSR count). The van der Waals surface area contributed by atoms with Gasteiger partial charge in [-0.3, -0.25) is 9.88 Å². The number of carbonyl (C=O) groups is 1. The maximum absolute atomic E-state index is 12.9. The van der Waals surface area contributed by atoms with Gasteiger partial charge in [0, 0.05) is 38.0 Å². The Morgan fingerprint density at radius 1 is 1.13 bits per heavy atom. The standard InChI is InChI=1S/C25H30N4O2/c1-17-9-10-20-14-22(18(2)26-23(20)13-17)27-25(30)28-24-16-29(11-12-31-3)15-21(24)19-7-5-4-6-8-19/h4-10,13-14,21,24H,11-12,15-16H2,1-3H3,(H2,27,28,30)/t21-,24+/m0/s1. The maximum Gasteiger partial charge on any atom is 0.319 e. The molecule has 162 valence electrons. The number of anilines is 1. The lowest BCUT2D eigenvalue weighted by atomic mass is 9.94. The molecule has 2 N–H and O–H groups in total. The third-order valence-corrected chi connectivity index (χ3v) is 5.96. The smallest absolute Gasteiger partial charge is 0.319 e. The number of fused-ring (bicyclic) bond motifs is 1. The normalized spacial score (nSPS) is 18.9. The van der Waals surface area contributed by atoms with Crippen LogP contribution in [-0.2, 0) is 4.74 Å². The Bertz CT molecular complexity index is 1050. The summed E-state index contributed by atoms with van der Waals surface area (Å²) in [6, 6.07) is 18.4. The zero-order valence-electron chi connectivity index (χ0n) is 18.4. The fraction of sp³-hybridized carbons (Fsp3) is 0.360. The monoisotopic (exact) mass is 418 g/mol. The summed E-state index contributed by atoms with van der Waals surface area (Å²) in [6.45, 7) is 7.20. The minimum atomic E-state index is -0.198. The van der Waals surface area contributed by atoms with Gasteiger partial charge in [0.05, 0.1) is 29.5 Å². The van der Waals surface area contributed by atoms with Crippen molar-refractivity contribution in [1.29, 1.82) is 0 Å². The van der Waals surface area contributed by atoms with Crippen molar-refractivity contribution in [2.24, 2.45) is 0 Å². The average Bonchev–Trinajstić information content (AvgIpc) is 3.16. The molecule has 1 saturated heterocycles. The minimum Gasteiger partial charge on any atom is -0.383 e. The Hall–Kier alpha value is -2.96. The minimum absolute atomic E-state index is 0.0237. The second-order valence-corrected chi connectivity index (χ2v) is 8.29. The van der Waals surface area contributed by atoms with Crippen molar-refractivity contribution in [2.45, 2.75) is 25.8 Å². The first kappa shape index (κ1) is 21.3. The second kappa shape index (κ2) is 9.45. The lowest BCUT2D eigenvalue weighted by molar-refractivity contribution is 0.159. The van der Waals surface area contributed by atoms with E-state index >= 15 is 0 Å². The first-order valence-corrected chi connectivity index (χ1v) is 10.8. The zero-order valence-corrected chi connectivity index (χ0v) is 18.4. The van der Waals surface area contributed by atoms with Crippen molar-refractivity contribution in [3.8, 4) is 0 Å². The number of nitrogens with zero attached hydrogens (tertiary/aromatic N) is 2. The summed E-state index contributed by atoms with van der Waals surface area (Å²) >= 11 is 0. The molecule has 6 heteroatoms. The van der Waals surface area contributed by atoms with Crippen molar-refractivity contribution < 1.29 is 9.53 Å². The Balaban J connectivity index is 1.49. The van der Waals surface area contributed by atoms with Gasteiger partial charge in [-0.05, 0) is 37.1 Å². The lowest BCUT2D eigenvalue weighted by Crippen LogP contribution is -2.42. The van der Waals surface area contributed by atoms with Crippen LogP contribution < -0.4 is 10.6 Å². The molecule has 0 unspecified atom stereocenters. The van der Waals surface area contributed by atoms with Crippen LogP contribution in [0.15, 0.2) is 54.6 Å². The van der Waals surface area contributed by atoms with Gasteiger partial charge in [0.2, 0.25) is 0 Å². The number of carbonyl (C=O) groups excluding carboxylic acids is 1. The van der Waals surface area contributed by atoms with Gasteiger partial charge in [-0.1, -0.05) is 42.5 Å². The highest BCUT2D eigenvalue weighted by atomic mass is 16.5. The molecule has 2 aromatic carbocycles. The summed E-state index contributed by atoms with van der Waals surface area (Å²) < 4.78 is 5.25. The lowest BCUT2D eigenvalue weighted by Gasteiger charge is -2.21. The molecule has 1 aromatic heterocycles. The fourth-order valence-electron chi connectivity index (χ4n) is 4.30. The van der Waals surface area contributed by atoms with Crippen molar-refractivity contribution in [1.82, 2.24) is 15.2 Å². The predicted molar refractivity (Wildman–Crippen MR) is 125 cm³/mol. The van der Waals surface area contributed by atoms with Gasteiger partial charge < -0.3 is 15.4 Å². The van der Waals surface area contributed by atoms with E-state index in [0.29, 0.717) is 6.61 Å². The Morgan fingerprint density at radius 3 is 2.71 bits per heavy atom. The molecule has 0 spiro atoms. The van der Waals surface area contributed by atoms with E-state index in [0.717, 1.165) is 41.9 Å². The highest BCUT2D eigenvalue weighted by Gasteiger charge is 2.34. The van der Waals surface area contributed by atoms with Crippen LogP contribution in [-0.4, -0.2) is 55.3 Å². The number of ether oxygens (including phenoxy) is 1. The first-order chi connectivity index (χ1) is 15.0. The highest BCUT2D eigenvalue weighted by molar-refractivity contribution is 5.93. The molecule has 0 radical (unpaired) electrons. The van der Waals surface area contributed by atoms with Crippen LogP contribution in [0, 0.1) is 13.8 Å². The molecule has 1 aliphatic heterocycles. The highest BCUT2D eigenvalue weighted by Crippen LogP contribution is 2.28. The number of benzene rings is 2. The van der Waals surface area contributed by atoms with Crippen LogP contribution in [0.5, 0.6) is 0 Å². The fourth-order valence-corrected chi connectivity index (χ4v) is 4.30. The number of aryl methyl sites for hydroxylation is 2. The van der Waals surface area contributed by atoms with Gasteiger partial charge >= 0.3 is 6.03 Å². The van der Waals surface area contributed by atoms with Gasteiger partial charge in [0.15, 0.2) is 0 Å². The topological polar surface area (TPSA) is 66.5 Å². The second-order valence-electron chi connectivity index (χ2n) is 8.29. The molecule has 6 nitrogen and oxygen atoms in total. The van der Waals surface area contributed by atoms with Crippen LogP contribution in [0.1, 0.15) is 22.7 Å². The quantitative estimate of drug-likeness (QED) is 0.633. The summed E-state index contributed by atoms with van der Waals surface area (Å²) in [6.07, 6.45) is 0. The molecular weight excluding hydrogens is 388 g/mol. The summed E-state index contributed by atoms with van der Waals surface area (Å²) in [7, 11) is 1.72. The molecule has 2 heterocycles. The van der Waals surface area contributed by atoms with E-state index in [4.69, 9.17) is 4.74 Å². The largest absolute Gasteiger partial charge is 0.383 e. The third-order valence-electron chi connectivity index (χ3n) is 5.96. The Kier molecular flexibility index (Phi) is 6.49. The predicted octanol–water partition coefficient (Wildman–Crippen LogP) is 4.09. The van der Waals surface area contributed by atoms with E-state index in [9.17, 15) is 4.79 Å². The number of nitrogens with one attached hydrogen (secondary N) is 2. The van der Waals surface area contributed by atoms with E-state index in [-0.39, 0.29) is 18.0 Å². The van der Waals surface area contributed by atoms with Gasteiger partial charge in [0.25, 0.3) is 0 Å². The number of pyridine rings is 1. The molecule has 0 aliphatic carbocycles. The molecule has 0 saturated carbocycles. The van der Waals surface area contributed by atoms with E-state index in [2.05, 4.69) is 63.8 Å². The summed E-state index contributed by atoms with van der Waals surface area (Å²) in [5.41, 5.74) is 4.90. The number of methoxy groups -OCH3 is 1. The van der Waals surface area contributed by atoms with E-state index in [1.807, 2.05) is 25.1 Å². The molecule has 1 aliphatic rings. The van der Waals surface area contributed by atoms with E-state index < -0.39 is 0 Å². The Morgan fingerprint density at radius 2 is 1.94 bits per heavy atom. The molecular formula is C25H30N4O2. The summed E-state index contributed by atoms with van der Waals surface area (Å²) in [5.74, 6) is 0.239. The molecule has 3 aromatic rings. The Labute approximate surface area is 183 Å². The van der Waals surface area contributed by atoms with Crippen LogP contribution in [0.2, 0.25) is 0 Å². The molecule has 1 fully saturated rings. The number of urea groups is 1. The molecule has 2 amide bonds. The van der Waals surface area contributed by atoms with Crippen molar-refractivity contribution in [3.05, 3.63) is 71.4 Å². The summed E-state index contributed by atoms with van der Waals surface area (Å²) in [5, 5.41) is 7.24. The average molecular weight is 419 g/mol. The number of rotatable bonds is 6. The van der Waals surface area contributed by atoms with E-state index in [1.54, 1.807) is 7.11 Å². The third kappa shape index (κ3) is 5.03. The SMILES string of the molecule is COCCN1C[C@@H](NC(=O)Nc2cc3ccc(C)cc3nc2C)[C@H](c2ccccc2)C1. The van der Waals surface area contributed by atoms with Crippen LogP contribution >= 0.6 is 0 Å². The molecule has 0 bridgehead atoms. The van der Waals surface area contributed by atoms with Crippen molar-refractivity contribution in [2.75, 3.05) is 38.7 Å².